The molecule has 0 bridgehead atoms. The Hall–Kier alpha value is -3.98. The summed E-state index contributed by atoms with van der Waals surface area (Å²) >= 11 is 5.87. The Balaban J connectivity index is 1.75. The summed E-state index contributed by atoms with van der Waals surface area (Å²) < 4.78 is 2.63. The Morgan fingerprint density at radius 3 is 2.53 bits per heavy atom. The maximum atomic E-state index is 12.9. The van der Waals surface area contributed by atoms with Crippen LogP contribution in [0.4, 0.5) is 0 Å². The third-order valence-electron chi connectivity index (χ3n) is 4.87. The summed E-state index contributed by atoms with van der Waals surface area (Å²) in [7, 11) is 1.78. The summed E-state index contributed by atoms with van der Waals surface area (Å²) in [6.07, 6.45) is 5.00. The molecule has 1 aromatic carbocycles. The first-order valence-electron chi connectivity index (χ1n) is 9.59. The number of nitrogens with one attached hydrogen (secondary N) is 1. The number of fused-ring (bicyclic) bond motifs is 1. The molecule has 4 aromatic rings. The number of carboxylic acids is 1. The molecule has 1 amide bonds. The number of hydrogen-bond donors (Lipinski definition) is 2. The lowest BCUT2D eigenvalue weighted by Gasteiger charge is -2.12. The molecule has 162 valence electrons. The molecule has 0 atom stereocenters. The molecule has 0 spiro atoms. The molecule has 0 aliphatic heterocycles. The van der Waals surface area contributed by atoms with Crippen molar-refractivity contribution in [1.82, 2.24) is 24.6 Å². The number of rotatable bonds is 6. The van der Waals surface area contributed by atoms with Gasteiger partial charge in [-0.05, 0) is 29.8 Å². The van der Waals surface area contributed by atoms with Crippen LogP contribution in [-0.4, -0.2) is 36.3 Å². The first-order valence-corrected chi connectivity index (χ1v) is 9.96. The third kappa shape index (κ3) is 4.37. The minimum Gasteiger partial charge on any atom is -0.480 e. The van der Waals surface area contributed by atoms with Crippen LogP contribution in [0.3, 0.4) is 0 Å². The molecule has 4 rings (SSSR count). The molecule has 9 nitrogen and oxygen atoms in total. The zero-order valence-corrected chi connectivity index (χ0v) is 17.7. The second-order valence-corrected chi connectivity index (χ2v) is 7.63. The first-order chi connectivity index (χ1) is 15.3. The van der Waals surface area contributed by atoms with Gasteiger partial charge in [0.25, 0.3) is 11.5 Å². The number of halogens is 1. The number of nitrogens with zero attached hydrogens (tertiary/aromatic N) is 4. The number of aryl methyl sites for hydroxylation is 1. The zero-order chi connectivity index (χ0) is 22.8. The highest BCUT2D eigenvalue weighted by molar-refractivity contribution is 6.30. The van der Waals surface area contributed by atoms with Crippen LogP contribution in [0.5, 0.6) is 0 Å². The summed E-state index contributed by atoms with van der Waals surface area (Å²) in [5.74, 6) is -1.83. The summed E-state index contributed by atoms with van der Waals surface area (Å²) in [5, 5.41) is 17.1. The summed E-state index contributed by atoms with van der Waals surface area (Å²) in [6.45, 7) is -0.437. The molecule has 3 aromatic heterocycles. The Morgan fingerprint density at radius 2 is 1.88 bits per heavy atom. The topological polar surface area (TPSA) is 119 Å². The summed E-state index contributed by atoms with van der Waals surface area (Å²) in [6, 6.07) is 10.1. The van der Waals surface area contributed by atoms with Gasteiger partial charge >= 0.3 is 5.97 Å². The van der Waals surface area contributed by atoms with Crippen LogP contribution in [0.15, 0.2) is 59.8 Å². The monoisotopic (exact) mass is 451 g/mol. The van der Waals surface area contributed by atoms with Gasteiger partial charge in [-0.1, -0.05) is 23.7 Å². The minimum atomic E-state index is -1.22. The number of aliphatic carboxylic acids is 1. The predicted molar refractivity (Wildman–Crippen MR) is 118 cm³/mol. The van der Waals surface area contributed by atoms with Crippen LogP contribution in [0.2, 0.25) is 5.02 Å². The first kappa shape index (κ1) is 21.3. The Kier molecular flexibility index (Phi) is 5.74. The van der Waals surface area contributed by atoms with Crippen LogP contribution >= 0.6 is 11.6 Å². The van der Waals surface area contributed by atoms with Crippen molar-refractivity contribution in [3.05, 3.63) is 81.5 Å². The van der Waals surface area contributed by atoms with E-state index in [1.54, 1.807) is 54.5 Å². The van der Waals surface area contributed by atoms with Crippen LogP contribution in [0.25, 0.3) is 22.2 Å². The van der Waals surface area contributed by atoms with E-state index in [1.165, 1.54) is 12.3 Å². The number of amides is 1. The van der Waals surface area contributed by atoms with E-state index < -0.39 is 24.0 Å². The van der Waals surface area contributed by atoms with Crippen molar-refractivity contribution in [3.8, 4) is 11.1 Å². The summed E-state index contributed by atoms with van der Waals surface area (Å²) in [5.41, 5.74) is 1.60. The number of carboxylic acid groups (broad SMARTS) is 1. The van der Waals surface area contributed by atoms with Crippen molar-refractivity contribution in [1.29, 1.82) is 0 Å². The highest BCUT2D eigenvalue weighted by Gasteiger charge is 2.18. The minimum absolute atomic E-state index is 0.169. The quantitative estimate of drug-likeness (QED) is 0.464. The van der Waals surface area contributed by atoms with Crippen molar-refractivity contribution in [3.63, 3.8) is 0 Å². The maximum Gasteiger partial charge on any atom is 0.323 e. The molecule has 0 aliphatic rings. The fraction of sp³-hybridized carbons (Fsp3) is 0.136. The van der Waals surface area contributed by atoms with Crippen LogP contribution in [0.1, 0.15) is 15.9 Å². The van der Waals surface area contributed by atoms with Crippen molar-refractivity contribution >= 4 is 34.5 Å². The van der Waals surface area contributed by atoms with Crippen molar-refractivity contribution in [2.24, 2.45) is 7.05 Å². The summed E-state index contributed by atoms with van der Waals surface area (Å²) in [4.78, 5) is 41.4. The van der Waals surface area contributed by atoms with Gasteiger partial charge in [-0.3, -0.25) is 23.6 Å². The maximum absolute atomic E-state index is 12.9. The predicted octanol–water partition coefficient (Wildman–Crippen LogP) is 2.46. The SMILES string of the molecule is Cn1cc(-c2cnc3c(c2)cc(C(=O)NCc2ccc(Cl)cc2)c(=O)n3CC(=O)O)cn1. The number of aromatic nitrogens is 4. The van der Waals surface area contributed by atoms with Crippen molar-refractivity contribution < 1.29 is 14.7 Å². The Bertz CT molecular complexity index is 1390. The van der Waals surface area contributed by atoms with Gasteiger partial charge in [-0.2, -0.15) is 5.10 Å². The van der Waals surface area contributed by atoms with Crippen LogP contribution < -0.4 is 10.9 Å². The fourth-order valence-corrected chi connectivity index (χ4v) is 3.44. The standard InChI is InChI=1S/C22H18ClN5O4/c1-27-11-16(10-26-27)15-6-14-7-18(21(31)25-8-13-2-4-17(23)5-3-13)22(32)28(12-19(29)30)20(14)24-9-15/h2-7,9-11H,8,12H2,1H3,(H,25,31)(H,29,30). The van der Waals surface area contributed by atoms with Crippen molar-refractivity contribution in [2.75, 3.05) is 0 Å². The van der Waals surface area contributed by atoms with Gasteiger partial charge in [0.05, 0.1) is 6.20 Å². The van der Waals surface area contributed by atoms with E-state index in [-0.39, 0.29) is 17.8 Å². The van der Waals surface area contributed by atoms with E-state index in [2.05, 4.69) is 15.4 Å². The third-order valence-corrected chi connectivity index (χ3v) is 5.12. The van der Waals surface area contributed by atoms with Crippen LogP contribution in [-0.2, 0) is 24.9 Å². The van der Waals surface area contributed by atoms with Gasteiger partial charge in [-0.15, -0.1) is 0 Å². The molecule has 2 N–H and O–H groups in total. The Labute approximate surface area is 186 Å². The average Bonchev–Trinajstić information content (AvgIpc) is 3.20. The number of benzene rings is 1. The van der Waals surface area contributed by atoms with Gasteiger partial charge in [0.1, 0.15) is 17.8 Å². The number of hydrogen-bond acceptors (Lipinski definition) is 5. The van der Waals surface area contributed by atoms with E-state index in [9.17, 15) is 19.5 Å². The highest BCUT2D eigenvalue weighted by Crippen LogP contribution is 2.22. The normalized spacial score (nSPS) is 10.9. The molecule has 0 aliphatic carbocycles. The largest absolute Gasteiger partial charge is 0.480 e. The molecular formula is C22H18ClN5O4. The molecule has 0 saturated heterocycles. The Morgan fingerprint density at radius 1 is 1.12 bits per heavy atom. The number of pyridine rings is 2. The van der Waals surface area contributed by atoms with E-state index in [0.717, 1.165) is 21.3 Å². The molecular weight excluding hydrogens is 434 g/mol. The average molecular weight is 452 g/mol. The molecule has 0 unspecified atom stereocenters. The number of carbonyl (C=O) groups is 2. The zero-order valence-electron chi connectivity index (χ0n) is 16.9. The van der Waals surface area contributed by atoms with E-state index in [4.69, 9.17) is 11.6 Å². The molecule has 32 heavy (non-hydrogen) atoms. The second kappa shape index (κ2) is 8.64. The van der Waals surface area contributed by atoms with E-state index in [1.807, 2.05) is 0 Å². The second-order valence-electron chi connectivity index (χ2n) is 7.19. The highest BCUT2D eigenvalue weighted by atomic mass is 35.5. The lowest BCUT2D eigenvalue weighted by molar-refractivity contribution is -0.137. The smallest absolute Gasteiger partial charge is 0.323 e. The van der Waals surface area contributed by atoms with E-state index in [0.29, 0.717) is 10.4 Å². The van der Waals surface area contributed by atoms with Gasteiger partial charge < -0.3 is 10.4 Å². The van der Waals surface area contributed by atoms with Gasteiger partial charge in [0.15, 0.2) is 0 Å². The van der Waals surface area contributed by atoms with E-state index >= 15 is 0 Å². The lowest BCUT2D eigenvalue weighted by atomic mass is 10.1. The van der Waals surface area contributed by atoms with Crippen LogP contribution in [0, 0.1) is 0 Å². The molecule has 10 heteroatoms. The molecule has 0 fully saturated rings. The molecule has 3 heterocycles. The van der Waals surface area contributed by atoms with Gasteiger partial charge in [-0.25, -0.2) is 4.98 Å². The lowest BCUT2D eigenvalue weighted by Crippen LogP contribution is -2.34. The molecule has 0 saturated carbocycles. The number of carbonyl (C=O) groups excluding carboxylic acids is 1. The molecule has 0 radical (unpaired) electrons. The van der Waals surface area contributed by atoms with Crippen molar-refractivity contribution in [2.45, 2.75) is 13.1 Å². The van der Waals surface area contributed by atoms with Gasteiger partial charge in [0.2, 0.25) is 0 Å². The fourth-order valence-electron chi connectivity index (χ4n) is 3.32. The van der Waals surface area contributed by atoms with Gasteiger partial charge in [0, 0.05) is 47.5 Å².